The Balaban J connectivity index is 1.56. The number of anilines is 2. The highest BCUT2D eigenvalue weighted by molar-refractivity contribution is 7.89. The van der Waals surface area contributed by atoms with Crippen LogP contribution in [0.5, 0.6) is 0 Å². The summed E-state index contributed by atoms with van der Waals surface area (Å²) in [7, 11) is -3.62. The lowest BCUT2D eigenvalue weighted by Crippen LogP contribution is -2.40. The Kier molecular flexibility index (Phi) is 5.86. The van der Waals surface area contributed by atoms with Gasteiger partial charge in [-0.3, -0.25) is 4.79 Å². The smallest absolute Gasteiger partial charge is 0.243 e. The van der Waals surface area contributed by atoms with Gasteiger partial charge in [0.25, 0.3) is 0 Å². The van der Waals surface area contributed by atoms with Crippen molar-refractivity contribution >= 4 is 27.3 Å². The molecule has 154 valence electrons. The van der Waals surface area contributed by atoms with E-state index in [0.29, 0.717) is 44.2 Å². The Labute approximate surface area is 165 Å². The topological polar surface area (TPSA) is 97.0 Å². The van der Waals surface area contributed by atoms with Gasteiger partial charge in [0.2, 0.25) is 15.9 Å². The van der Waals surface area contributed by atoms with E-state index in [4.69, 9.17) is 9.47 Å². The molecule has 0 spiro atoms. The minimum absolute atomic E-state index is 0.0329. The Hall–Kier alpha value is -1.68. The SMILES string of the molecule is O=C(Nc1cc(S(=O)(=O)N2CCOCC2)ccc1NCC1CCCO1)C1CC1. The van der Waals surface area contributed by atoms with Gasteiger partial charge in [0.15, 0.2) is 0 Å². The van der Waals surface area contributed by atoms with E-state index in [1.807, 2.05) is 0 Å². The fourth-order valence-electron chi connectivity index (χ4n) is 3.49. The fraction of sp³-hybridized carbons (Fsp3) is 0.632. The minimum atomic E-state index is -3.62. The van der Waals surface area contributed by atoms with Gasteiger partial charge in [-0.1, -0.05) is 0 Å². The summed E-state index contributed by atoms with van der Waals surface area (Å²) < 4.78 is 38.3. The quantitative estimate of drug-likeness (QED) is 0.711. The number of sulfonamides is 1. The average Bonchev–Trinajstić information content (AvgIpc) is 3.44. The van der Waals surface area contributed by atoms with Crippen LogP contribution >= 0.6 is 0 Å². The van der Waals surface area contributed by atoms with E-state index in [-0.39, 0.29) is 22.8 Å². The molecule has 1 atom stereocenters. The average molecular weight is 410 g/mol. The third kappa shape index (κ3) is 4.48. The van der Waals surface area contributed by atoms with E-state index < -0.39 is 10.0 Å². The normalized spacial score (nSPS) is 23.5. The predicted molar refractivity (Wildman–Crippen MR) is 105 cm³/mol. The fourth-order valence-corrected chi connectivity index (χ4v) is 4.92. The molecule has 1 aromatic carbocycles. The molecule has 2 heterocycles. The Morgan fingerprint density at radius 2 is 1.89 bits per heavy atom. The summed E-state index contributed by atoms with van der Waals surface area (Å²) in [6.07, 6.45) is 3.96. The Morgan fingerprint density at radius 1 is 1.11 bits per heavy atom. The van der Waals surface area contributed by atoms with E-state index in [2.05, 4.69) is 10.6 Å². The summed E-state index contributed by atoms with van der Waals surface area (Å²) in [6.45, 7) is 2.86. The number of carbonyl (C=O) groups is 1. The summed E-state index contributed by atoms with van der Waals surface area (Å²) in [5, 5.41) is 6.22. The van der Waals surface area contributed by atoms with Gasteiger partial charge in [0, 0.05) is 32.2 Å². The van der Waals surface area contributed by atoms with Gasteiger partial charge >= 0.3 is 0 Å². The number of hydrogen-bond acceptors (Lipinski definition) is 6. The molecule has 3 fully saturated rings. The molecule has 0 bridgehead atoms. The molecule has 0 aromatic heterocycles. The number of carbonyl (C=O) groups excluding carboxylic acids is 1. The summed E-state index contributed by atoms with van der Waals surface area (Å²) in [5.41, 5.74) is 1.22. The first-order valence-electron chi connectivity index (χ1n) is 9.92. The second kappa shape index (κ2) is 8.36. The summed E-state index contributed by atoms with van der Waals surface area (Å²) in [5.74, 6) is -0.0217. The molecular weight excluding hydrogens is 382 g/mol. The molecule has 2 saturated heterocycles. The van der Waals surface area contributed by atoms with Gasteiger partial charge in [0.05, 0.1) is 35.6 Å². The van der Waals surface area contributed by atoms with Crippen LogP contribution in [0, 0.1) is 5.92 Å². The summed E-state index contributed by atoms with van der Waals surface area (Å²) in [4.78, 5) is 12.5. The first-order chi connectivity index (χ1) is 13.5. The minimum Gasteiger partial charge on any atom is -0.381 e. The standard InChI is InChI=1S/C19H27N3O5S/c23-19(14-3-4-14)21-18-12-16(28(24,25)22-7-10-26-11-8-22)5-6-17(18)20-13-15-2-1-9-27-15/h5-6,12,14-15,20H,1-4,7-11,13H2,(H,21,23). The first kappa shape index (κ1) is 19.6. The van der Waals surface area contributed by atoms with E-state index in [9.17, 15) is 13.2 Å². The van der Waals surface area contributed by atoms with Crippen molar-refractivity contribution in [3.05, 3.63) is 18.2 Å². The van der Waals surface area contributed by atoms with Gasteiger partial charge < -0.3 is 20.1 Å². The highest BCUT2D eigenvalue weighted by Gasteiger charge is 2.31. The van der Waals surface area contributed by atoms with Gasteiger partial charge in [-0.05, 0) is 43.9 Å². The molecule has 1 aliphatic carbocycles. The lowest BCUT2D eigenvalue weighted by molar-refractivity contribution is -0.117. The number of rotatable bonds is 7. The van der Waals surface area contributed by atoms with Gasteiger partial charge in [-0.2, -0.15) is 4.31 Å². The number of nitrogens with one attached hydrogen (secondary N) is 2. The van der Waals surface area contributed by atoms with Gasteiger partial charge in [0.1, 0.15) is 0 Å². The molecule has 1 saturated carbocycles. The van der Waals surface area contributed by atoms with Crippen LogP contribution in [0.15, 0.2) is 23.1 Å². The van der Waals surface area contributed by atoms with Crippen LogP contribution in [0.25, 0.3) is 0 Å². The molecule has 28 heavy (non-hydrogen) atoms. The molecule has 1 amide bonds. The van der Waals surface area contributed by atoms with Crippen molar-refractivity contribution in [2.75, 3.05) is 50.1 Å². The van der Waals surface area contributed by atoms with Crippen LogP contribution in [0.4, 0.5) is 11.4 Å². The molecule has 9 heteroatoms. The van der Waals surface area contributed by atoms with Gasteiger partial charge in [-0.25, -0.2) is 8.42 Å². The number of nitrogens with zero attached hydrogens (tertiary/aromatic N) is 1. The highest BCUT2D eigenvalue weighted by Crippen LogP contribution is 2.33. The second-order valence-electron chi connectivity index (χ2n) is 7.50. The maximum atomic E-state index is 13.0. The van der Waals surface area contributed by atoms with Crippen molar-refractivity contribution in [3.8, 4) is 0 Å². The van der Waals surface area contributed by atoms with Crippen molar-refractivity contribution in [2.45, 2.75) is 36.7 Å². The molecule has 1 aromatic rings. The third-order valence-corrected chi connectivity index (χ3v) is 7.24. The lowest BCUT2D eigenvalue weighted by atomic mass is 10.2. The highest BCUT2D eigenvalue weighted by atomic mass is 32.2. The largest absolute Gasteiger partial charge is 0.381 e. The maximum absolute atomic E-state index is 13.0. The van der Waals surface area contributed by atoms with Crippen LogP contribution in [-0.2, 0) is 24.3 Å². The second-order valence-corrected chi connectivity index (χ2v) is 9.44. The molecule has 0 radical (unpaired) electrons. The lowest BCUT2D eigenvalue weighted by Gasteiger charge is -2.26. The molecule has 8 nitrogen and oxygen atoms in total. The number of morpholine rings is 1. The van der Waals surface area contributed by atoms with Crippen LogP contribution in [0.3, 0.4) is 0 Å². The zero-order valence-corrected chi connectivity index (χ0v) is 16.7. The van der Waals surface area contributed by atoms with Crippen molar-refractivity contribution < 1.29 is 22.7 Å². The van der Waals surface area contributed by atoms with E-state index in [0.717, 1.165) is 32.3 Å². The zero-order valence-electron chi connectivity index (χ0n) is 15.9. The van der Waals surface area contributed by atoms with E-state index in [1.165, 1.54) is 4.31 Å². The number of benzene rings is 1. The van der Waals surface area contributed by atoms with Crippen molar-refractivity contribution in [1.29, 1.82) is 0 Å². The third-order valence-electron chi connectivity index (χ3n) is 5.35. The van der Waals surface area contributed by atoms with Gasteiger partial charge in [-0.15, -0.1) is 0 Å². The maximum Gasteiger partial charge on any atom is 0.243 e. The van der Waals surface area contributed by atoms with Crippen molar-refractivity contribution in [2.24, 2.45) is 5.92 Å². The molecule has 1 unspecified atom stereocenters. The zero-order chi connectivity index (χ0) is 19.6. The van der Waals surface area contributed by atoms with E-state index in [1.54, 1.807) is 18.2 Å². The monoisotopic (exact) mass is 409 g/mol. The number of hydrogen-bond donors (Lipinski definition) is 2. The Bertz CT molecular complexity index is 813. The summed E-state index contributed by atoms with van der Waals surface area (Å²) in [6, 6.07) is 4.88. The molecule has 3 aliphatic rings. The van der Waals surface area contributed by atoms with Crippen molar-refractivity contribution in [1.82, 2.24) is 4.31 Å². The first-order valence-corrected chi connectivity index (χ1v) is 11.4. The number of ether oxygens (including phenoxy) is 2. The van der Waals surface area contributed by atoms with Crippen LogP contribution in [0.1, 0.15) is 25.7 Å². The van der Waals surface area contributed by atoms with Crippen LogP contribution in [0.2, 0.25) is 0 Å². The molecule has 2 N–H and O–H groups in total. The van der Waals surface area contributed by atoms with Crippen molar-refractivity contribution in [3.63, 3.8) is 0 Å². The molecule has 2 aliphatic heterocycles. The predicted octanol–water partition coefficient (Wildman–Crippen LogP) is 1.65. The van der Waals surface area contributed by atoms with Crippen LogP contribution < -0.4 is 10.6 Å². The number of amides is 1. The molecule has 4 rings (SSSR count). The Morgan fingerprint density at radius 3 is 2.57 bits per heavy atom. The van der Waals surface area contributed by atoms with E-state index >= 15 is 0 Å². The van der Waals surface area contributed by atoms with Crippen LogP contribution in [-0.4, -0.2) is 64.2 Å². The molecular formula is C19H27N3O5S. The summed E-state index contributed by atoms with van der Waals surface area (Å²) >= 11 is 0.